The second-order valence-corrected chi connectivity index (χ2v) is 6.12. The number of hydrogen-bond donors (Lipinski definition) is 1. The molecule has 1 atom stereocenters. The van der Waals surface area contributed by atoms with Gasteiger partial charge in [-0.1, -0.05) is 12.1 Å². The number of piperazine rings is 1. The van der Waals surface area contributed by atoms with Gasteiger partial charge in [-0.2, -0.15) is 0 Å². The lowest BCUT2D eigenvalue weighted by molar-refractivity contribution is 0.153. The van der Waals surface area contributed by atoms with Gasteiger partial charge in [0.1, 0.15) is 0 Å². The van der Waals surface area contributed by atoms with Crippen LogP contribution in [0.5, 0.6) is 11.5 Å². The van der Waals surface area contributed by atoms with Crippen molar-refractivity contribution in [1.29, 1.82) is 0 Å². The minimum absolute atomic E-state index is 0. The Morgan fingerprint density at radius 1 is 1.15 bits per heavy atom. The van der Waals surface area contributed by atoms with E-state index in [0.29, 0.717) is 19.3 Å². The largest absolute Gasteiger partial charge is 0.490 e. The zero-order chi connectivity index (χ0) is 17.5. The fraction of sp³-hybridized carbons (Fsp3) is 0.450. The molecule has 3 rings (SSSR count). The van der Waals surface area contributed by atoms with Crippen LogP contribution in [0.4, 0.5) is 0 Å². The van der Waals surface area contributed by atoms with E-state index in [1.165, 1.54) is 11.1 Å². The summed E-state index contributed by atoms with van der Waals surface area (Å²) in [5, 5.41) is 3.49. The predicted octanol–water partition coefficient (Wildman–Crippen LogP) is 3.45. The van der Waals surface area contributed by atoms with Crippen molar-refractivity contribution in [2.24, 2.45) is 0 Å². The number of ether oxygens (including phenoxy) is 2. The summed E-state index contributed by atoms with van der Waals surface area (Å²) in [6.07, 6.45) is 3.79. The molecule has 1 saturated heterocycles. The van der Waals surface area contributed by atoms with Gasteiger partial charge in [-0.05, 0) is 43.2 Å². The normalized spacial score (nSPS) is 17.4. The van der Waals surface area contributed by atoms with Gasteiger partial charge >= 0.3 is 0 Å². The molecule has 6 heteroatoms. The molecule has 2 heterocycles. The highest BCUT2D eigenvalue weighted by atomic mass is 35.5. The van der Waals surface area contributed by atoms with Crippen molar-refractivity contribution < 1.29 is 9.47 Å². The Balaban J connectivity index is 0.00000243. The van der Waals surface area contributed by atoms with Gasteiger partial charge in [0, 0.05) is 44.6 Å². The van der Waals surface area contributed by atoms with Crippen LogP contribution in [0, 0.1) is 0 Å². The third-order valence-electron chi connectivity index (χ3n) is 4.42. The van der Waals surface area contributed by atoms with Gasteiger partial charge in [0.25, 0.3) is 0 Å². The van der Waals surface area contributed by atoms with E-state index in [1.54, 1.807) is 0 Å². The number of halogens is 1. The summed E-state index contributed by atoms with van der Waals surface area (Å²) in [6.45, 7) is 9.10. The summed E-state index contributed by atoms with van der Waals surface area (Å²) in [7, 11) is 0. The number of rotatable bonds is 7. The Morgan fingerprint density at radius 3 is 2.69 bits per heavy atom. The second-order valence-electron chi connectivity index (χ2n) is 6.12. The molecule has 1 aliphatic rings. The smallest absolute Gasteiger partial charge is 0.161 e. The third-order valence-corrected chi connectivity index (χ3v) is 4.42. The quantitative estimate of drug-likeness (QED) is 0.800. The lowest BCUT2D eigenvalue weighted by Crippen LogP contribution is -2.45. The molecule has 1 aromatic carbocycles. The van der Waals surface area contributed by atoms with Crippen molar-refractivity contribution in [1.82, 2.24) is 15.2 Å². The molecule has 142 valence electrons. The van der Waals surface area contributed by atoms with Crippen LogP contribution >= 0.6 is 12.4 Å². The number of nitrogens with one attached hydrogen (secondary N) is 1. The molecule has 1 aromatic heterocycles. The highest BCUT2D eigenvalue weighted by Crippen LogP contribution is 2.30. The van der Waals surface area contributed by atoms with E-state index in [2.05, 4.69) is 33.4 Å². The van der Waals surface area contributed by atoms with Gasteiger partial charge in [-0.3, -0.25) is 9.88 Å². The van der Waals surface area contributed by atoms with E-state index in [4.69, 9.17) is 9.47 Å². The molecule has 0 saturated carbocycles. The molecule has 0 bridgehead atoms. The van der Waals surface area contributed by atoms with Crippen molar-refractivity contribution in [3.8, 4) is 11.5 Å². The maximum absolute atomic E-state index is 5.76. The van der Waals surface area contributed by atoms with Gasteiger partial charge in [0.05, 0.1) is 13.2 Å². The zero-order valence-corrected chi connectivity index (χ0v) is 16.3. The Labute approximate surface area is 162 Å². The minimum Gasteiger partial charge on any atom is -0.490 e. The standard InChI is InChI=1S/C20H27N3O2.ClH/c1-3-24-19-8-7-16(12-20(19)25-4-2)15-23-11-10-22-14-18(23)17-6-5-9-21-13-17;/h5-9,12-13,18,22H,3-4,10-11,14-15H2,1-2H3;1H. The fourth-order valence-electron chi connectivity index (χ4n) is 3.27. The third kappa shape index (κ3) is 5.10. The molecule has 0 aliphatic carbocycles. The van der Waals surface area contributed by atoms with Gasteiger partial charge < -0.3 is 14.8 Å². The SMILES string of the molecule is CCOc1ccc(CN2CCNCC2c2cccnc2)cc1OCC.Cl. The van der Waals surface area contributed by atoms with E-state index in [0.717, 1.165) is 37.7 Å². The maximum atomic E-state index is 5.76. The van der Waals surface area contributed by atoms with Crippen LogP contribution in [0.1, 0.15) is 31.0 Å². The van der Waals surface area contributed by atoms with Crippen LogP contribution in [-0.4, -0.2) is 42.7 Å². The summed E-state index contributed by atoms with van der Waals surface area (Å²) in [4.78, 5) is 6.78. The molecule has 1 N–H and O–H groups in total. The lowest BCUT2D eigenvalue weighted by atomic mass is 10.0. The monoisotopic (exact) mass is 377 g/mol. The summed E-state index contributed by atoms with van der Waals surface area (Å²) < 4.78 is 11.4. The minimum atomic E-state index is 0. The molecule has 26 heavy (non-hydrogen) atoms. The van der Waals surface area contributed by atoms with Gasteiger partial charge in [-0.25, -0.2) is 0 Å². The van der Waals surface area contributed by atoms with Crippen LogP contribution in [-0.2, 0) is 6.54 Å². The highest BCUT2D eigenvalue weighted by molar-refractivity contribution is 5.85. The van der Waals surface area contributed by atoms with E-state index in [9.17, 15) is 0 Å². The van der Waals surface area contributed by atoms with Crippen molar-refractivity contribution in [3.05, 3.63) is 53.9 Å². The molecule has 2 aromatic rings. The molecule has 0 radical (unpaired) electrons. The number of nitrogens with zero attached hydrogens (tertiary/aromatic N) is 2. The van der Waals surface area contributed by atoms with Gasteiger partial charge in [-0.15, -0.1) is 12.4 Å². The van der Waals surface area contributed by atoms with Crippen LogP contribution in [0.2, 0.25) is 0 Å². The van der Waals surface area contributed by atoms with E-state index in [-0.39, 0.29) is 12.4 Å². The van der Waals surface area contributed by atoms with Crippen molar-refractivity contribution in [3.63, 3.8) is 0 Å². The summed E-state index contributed by atoms with van der Waals surface area (Å²) in [5.41, 5.74) is 2.49. The first-order valence-electron chi connectivity index (χ1n) is 9.05. The zero-order valence-electron chi connectivity index (χ0n) is 15.5. The van der Waals surface area contributed by atoms with Gasteiger partial charge in [0.15, 0.2) is 11.5 Å². The maximum Gasteiger partial charge on any atom is 0.161 e. The Hall–Kier alpha value is -1.82. The Morgan fingerprint density at radius 2 is 1.96 bits per heavy atom. The van der Waals surface area contributed by atoms with E-state index >= 15 is 0 Å². The first-order valence-corrected chi connectivity index (χ1v) is 9.05. The molecule has 0 amide bonds. The van der Waals surface area contributed by atoms with E-state index in [1.807, 2.05) is 38.4 Å². The topological polar surface area (TPSA) is 46.6 Å². The molecule has 0 spiro atoms. The first-order chi connectivity index (χ1) is 12.3. The number of pyridine rings is 1. The van der Waals surface area contributed by atoms with Crippen molar-refractivity contribution in [2.75, 3.05) is 32.8 Å². The Bertz CT molecular complexity index is 669. The van der Waals surface area contributed by atoms with Crippen LogP contribution in [0.15, 0.2) is 42.7 Å². The predicted molar refractivity (Wildman–Crippen MR) is 106 cm³/mol. The average Bonchev–Trinajstić information content (AvgIpc) is 2.65. The van der Waals surface area contributed by atoms with Crippen molar-refractivity contribution >= 4 is 12.4 Å². The molecule has 5 nitrogen and oxygen atoms in total. The molecule has 1 unspecified atom stereocenters. The second kappa shape index (κ2) is 10.4. The molecule has 1 fully saturated rings. The molecule has 1 aliphatic heterocycles. The van der Waals surface area contributed by atoms with Crippen LogP contribution in [0.3, 0.4) is 0 Å². The Kier molecular flexibility index (Phi) is 8.16. The van der Waals surface area contributed by atoms with E-state index < -0.39 is 0 Å². The van der Waals surface area contributed by atoms with Crippen LogP contribution < -0.4 is 14.8 Å². The van der Waals surface area contributed by atoms with Crippen molar-refractivity contribution in [2.45, 2.75) is 26.4 Å². The summed E-state index contributed by atoms with van der Waals surface area (Å²) >= 11 is 0. The lowest BCUT2D eigenvalue weighted by Gasteiger charge is -2.36. The first kappa shape index (κ1) is 20.5. The molecular formula is C20H28ClN3O2. The number of benzene rings is 1. The average molecular weight is 378 g/mol. The highest BCUT2D eigenvalue weighted by Gasteiger charge is 2.24. The molecular weight excluding hydrogens is 350 g/mol. The summed E-state index contributed by atoms with van der Waals surface area (Å²) in [6, 6.07) is 10.8. The number of aromatic nitrogens is 1. The van der Waals surface area contributed by atoms with Crippen LogP contribution in [0.25, 0.3) is 0 Å². The number of hydrogen-bond acceptors (Lipinski definition) is 5. The summed E-state index contributed by atoms with van der Waals surface area (Å²) in [5.74, 6) is 1.65. The fourth-order valence-corrected chi connectivity index (χ4v) is 3.27. The van der Waals surface area contributed by atoms with Gasteiger partial charge in [0.2, 0.25) is 0 Å².